The number of pyridine rings is 3. The molecule has 0 spiro atoms. The van der Waals surface area contributed by atoms with E-state index in [9.17, 15) is 10.5 Å². The lowest BCUT2D eigenvalue weighted by Crippen LogP contribution is -2.18. The van der Waals surface area contributed by atoms with Gasteiger partial charge in [-0.2, -0.15) is 10.5 Å². The summed E-state index contributed by atoms with van der Waals surface area (Å²) in [6, 6.07) is 11.4. The molecule has 3 aromatic heterocycles. The molecule has 3 heterocycles. The highest BCUT2D eigenvalue weighted by Gasteiger charge is 2.21. The van der Waals surface area contributed by atoms with Crippen molar-refractivity contribution in [2.24, 2.45) is 0 Å². The van der Waals surface area contributed by atoms with Crippen molar-refractivity contribution < 1.29 is 9.47 Å². The van der Waals surface area contributed by atoms with Crippen LogP contribution in [0.5, 0.6) is 5.75 Å². The zero-order chi connectivity index (χ0) is 22.2. The Morgan fingerprint density at radius 2 is 1.97 bits per heavy atom. The predicted octanol–water partition coefficient (Wildman–Crippen LogP) is 3.57. The van der Waals surface area contributed by atoms with Crippen LogP contribution in [0.2, 0.25) is 0 Å². The molecule has 0 aliphatic heterocycles. The Bertz CT molecular complexity index is 1120. The number of nitrogen functional groups attached to an aromatic ring is 1. The first-order valence-electron chi connectivity index (χ1n) is 9.34. The molecule has 3 aromatic rings. The number of nitrogens with two attached hydrogens (primary N) is 1. The quantitative estimate of drug-likeness (QED) is 0.531. The summed E-state index contributed by atoms with van der Waals surface area (Å²) in [7, 11) is 1.60. The molecule has 31 heavy (non-hydrogen) atoms. The minimum Gasteiger partial charge on any atom is -0.487 e. The number of nitriles is 2. The van der Waals surface area contributed by atoms with Crippen LogP contribution in [0.1, 0.15) is 23.6 Å². The Morgan fingerprint density at radius 1 is 1.16 bits per heavy atom. The van der Waals surface area contributed by atoms with Gasteiger partial charge in [0.15, 0.2) is 0 Å². The molecule has 0 aliphatic rings. The molecule has 0 aliphatic carbocycles. The number of methoxy groups -OCH3 is 1. The zero-order valence-corrected chi connectivity index (χ0v) is 17.9. The van der Waals surface area contributed by atoms with Gasteiger partial charge >= 0.3 is 0 Å². The second-order valence-electron chi connectivity index (χ2n) is 6.56. The maximum absolute atomic E-state index is 9.87. The van der Waals surface area contributed by atoms with E-state index in [0.717, 1.165) is 5.56 Å². The SMILES string of the molecule is COC[C@H](C)Oc1ccc(-c2c(C#N)c(N)nc(SCc3cccnc3)c2C#N)nc1. The van der Waals surface area contributed by atoms with Crippen molar-refractivity contribution in [3.8, 4) is 29.1 Å². The average Bonchev–Trinajstić information content (AvgIpc) is 2.78. The van der Waals surface area contributed by atoms with Crippen LogP contribution in [0, 0.1) is 22.7 Å². The lowest BCUT2D eigenvalue weighted by molar-refractivity contribution is 0.0918. The highest BCUT2D eigenvalue weighted by molar-refractivity contribution is 7.98. The lowest BCUT2D eigenvalue weighted by Gasteiger charge is -2.15. The van der Waals surface area contributed by atoms with Crippen molar-refractivity contribution in [2.45, 2.75) is 23.8 Å². The minimum absolute atomic E-state index is 0.0565. The number of ether oxygens (including phenoxy) is 2. The van der Waals surface area contributed by atoms with Crippen LogP contribution in [-0.2, 0) is 10.5 Å². The van der Waals surface area contributed by atoms with Crippen LogP contribution in [-0.4, -0.2) is 34.8 Å². The number of thioether (sulfide) groups is 1. The Kier molecular flexibility index (Phi) is 7.39. The van der Waals surface area contributed by atoms with E-state index in [1.165, 1.54) is 11.8 Å². The normalized spacial score (nSPS) is 11.4. The molecule has 0 aromatic carbocycles. The predicted molar refractivity (Wildman–Crippen MR) is 117 cm³/mol. The highest BCUT2D eigenvalue weighted by atomic mass is 32.2. The molecule has 0 bridgehead atoms. The van der Waals surface area contributed by atoms with Gasteiger partial charge in [-0.25, -0.2) is 4.98 Å². The summed E-state index contributed by atoms with van der Waals surface area (Å²) in [5, 5.41) is 20.0. The fourth-order valence-corrected chi connectivity index (χ4v) is 3.82. The van der Waals surface area contributed by atoms with E-state index in [4.69, 9.17) is 15.2 Å². The fourth-order valence-electron chi connectivity index (χ4n) is 2.89. The molecule has 0 radical (unpaired) electrons. The molecular formula is C22H20N6O2S. The molecule has 1 atom stereocenters. The Morgan fingerprint density at radius 3 is 2.58 bits per heavy atom. The fraction of sp³-hybridized carbons (Fsp3) is 0.227. The summed E-state index contributed by atoms with van der Waals surface area (Å²) in [5.41, 5.74) is 8.22. The molecular weight excluding hydrogens is 412 g/mol. The maximum atomic E-state index is 9.87. The topological polar surface area (TPSA) is 131 Å². The third-order valence-electron chi connectivity index (χ3n) is 4.25. The standard InChI is InChI=1S/C22H20N6O2S/c1-14(12-29-2)30-16-5-6-19(27-11-16)20-17(8-23)21(25)28-22(18(20)9-24)31-13-15-4-3-7-26-10-15/h3-7,10-11,14H,12-13H2,1-2H3,(H2,25,28)/t14-/m0/s1. The third kappa shape index (κ3) is 5.28. The van der Waals surface area contributed by atoms with Crippen molar-refractivity contribution in [2.75, 3.05) is 19.5 Å². The molecule has 0 fully saturated rings. The first-order chi connectivity index (χ1) is 15.1. The van der Waals surface area contributed by atoms with Crippen LogP contribution >= 0.6 is 11.8 Å². The zero-order valence-electron chi connectivity index (χ0n) is 17.1. The maximum Gasteiger partial charge on any atom is 0.143 e. The van der Waals surface area contributed by atoms with Crippen LogP contribution in [0.25, 0.3) is 11.3 Å². The minimum atomic E-state index is -0.144. The van der Waals surface area contributed by atoms with Crippen molar-refractivity contribution in [3.05, 3.63) is 59.5 Å². The van der Waals surface area contributed by atoms with Crippen LogP contribution < -0.4 is 10.5 Å². The molecule has 8 nitrogen and oxygen atoms in total. The molecule has 2 N–H and O–H groups in total. The molecule has 0 unspecified atom stereocenters. The van der Waals surface area contributed by atoms with E-state index in [0.29, 0.717) is 34.4 Å². The smallest absolute Gasteiger partial charge is 0.143 e. The van der Waals surface area contributed by atoms with Crippen molar-refractivity contribution in [1.29, 1.82) is 10.5 Å². The Balaban J connectivity index is 1.97. The molecule has 0 saturated carbocycles. The first-order valence-corrected chi connectivity index (χ1v) is 10.3. The summed E-state index contributed by atoms with van der Waals surface area (Å²) >= 11 is 1.35. The van der Waals surface area contributed by atoms with Gasteiger partial charge in [0.1, 0.15) is 40.4 Å². The molecule has 156 valence electrons. The first kappa shape index (κ1) is 22.0. The summed E-state index contributed by atoms with van der Waals surface area (Å²) in [6.45, 7) is 2.33. The van der Waals surface area contributed by atoms with E-state index in [-0.39, 0.29) is 23.0 Å². The summed E-state index contributed by atoms with van der Waals surface area (Å²) in [5.74, 6) is 1.16. The van der Waals surface area contributed by atoms with E-state index in [1.807, 2.05) is 19.1 Å². The largest absolute Gasteiger partial charge is 0.487 e. The molecule has 9 heteroatoms. The van der Waals surface area contributed by atoms with Crippen LogP contribution in [0.3, 0.4) is 0 Å². The lowest BCUT2D eigenvalue weighted by atomic mass is 10.0. The average molecular weight is 433 g/mol. The molecule has 0 saturated heterocycles. The molecule has 3 rings (SSSR count). The van der Waals surface area contributed by atoms with Gasteiger partial charge in [0.05, 0.1) is 24.1 Å². The van der Waals surface area contributed by atoms with Gasteiger partial charge in [-0.05, 0) is 30.7 Å². The van der Waals surface area contributed by atoms with Crippen LogP contribution in [0.4, 0.5) is 5.82 Å². The van der Waals surface area contributed by atoms with Gasteiger partial charge in [-0.15, -0.1) is 11.8 Å². The van der Waals surface area contributed by atoms with Crippen molar-refractivity contribution in [1.82, 2.24) is 15.0 Å². The monoisotopic (exact) mass is 432 g/mol. The van der Waals surface area contributed by atoms with Gasteiger partial charge in [0, 0.05) is 30.8 Å². The number of nitrogens with zero attached hydrogens (tertiary/aromatic N) is 5. The van der Waals surface area contributed by atoms with Crippen LogP contribution in [0.15, 0.2) is 47.9 Å². The van der Waals surface area contributed by atoms with Crippen molar-refractivity contribution >= 4 is 17.6 Å². The second-order valence-corrected chi connectivity index (χ2v) is 7.53. The number of anilines is 1. The summed E-state index contributed by atoms with van der Waals surface area (Å²) < 4.78 is 10.8. The van der Waals surface area contributed by atoms with Gasteiger partial charge in [-0.3, -0.25) is 9.97 Å². The molecule has 0 amide bonds. The van der Waals surface area contributed by atoms with E-state index in [1.54, 1.807) is 37.8 Å². The van der Waals surface area contributed by atoms with Gasteiger partial charge in [-0.1, -0.05) is 6.07 Å². The Labute approximate surface area is 184 Å². The number of hydrogen-bond donors (Lipinski definition) is 1. The number of aromatic nitrogens is 3. The van der Waals surface area contributed by atoms with E-state index >= 15 is 0 Å². The second kappa shape index (κ2) is 10.4. The highest BCUT2D eigenvalue weighted by Crippen LogP contribution is 2.36. The Hall–Kier alpha value is -3.66. The van der Waals surface area contributed by atoms with E-state index < -0.39 is 0 Å². The van der Waals surface area contributed by atoms with Gasteiger partial charge < -0.3 is 15.2 Å². The van der Waals surface area contributed by atoms with Crippen molar-refractivity contribution in [3.63, 3.8) is 0 Å². The van der Waals surface area contributed by atoms with E-state index in [2.05, 4.69) is 27.1 Å². The van der Waals surface area contributed by atoms with Gasteiger partial charge in [0.25, 0.3) is 0 Å². The summed E-state index contributed by atoms with van der Waals surface area (Å²) in [4.78, 5) is 12.8. The number of hydrogen-bond acceptors (Lipinski definition) is 9. The van der Waals surface area contributed by atoms with Gasteiger partial charge in [0.2, 0.25) is 0 Å². The third-order valence-corrected chi connectivity index (χ3v) is 5.29. The number of rotatable bonds is 8. The summed E-state index contributed by atoms with van der Waals surface area (Å²) in [6.07, 6.45) is 4.84.